The molecule has 2 unspecified atom stereocenters. The SMILES string of the molecule is CCNC(Cc1ccccn1)C1Cc2ccccc2S1. The van der Waals surface area contributed by atoms with Crippen LogP contribution in [0, 0.1) is 0 Å². The van der Waals surface area contributed by atoms with Crippen LogP contribution in [0.2, 0.25) is 0 Å². The van der Waals surface area contributed by atoms with Gasteiger partial charge in [-0.3, -0.25) is 4.98 Å². The lowest BCUT2D eigenvalue weighted by atomic mass is 10.0. The molecule has 0 saturated heterocycles. The van der Waals surface area contributed by atoms with Gasteiger partial charge >= 0.3 is 0 Å². The standard InChI is InChI=1S/C17H20N2S/c1-2-18-15(12-14-8-5-6-10-19-14)17-11-13-7-3-4-9-16(13)20-17/h3-10,15,17-18H,2,11-12H2,1H3. The van der Waals surface area contributed by atoms with Crippen LogP contribution in [0.3, 0.4) is 0 Å². The molecule has 3 heteroatoms. The van der Waals surface area contributed by atoms with Gasteiger partial charge in [-0.25, -0.2) is 0 Å². The molecule has 104 valence electrons. The van der Waals surface area contributed by atoms with Crippen LogP contribution < -0.4 is 5.32 Å². The predicted molar refractivity (Wildman–Crippen MR) is 85.2 cm³/mol. The van der Waals surface area contributed by atoms with Gasteiger partial charge in [-0.2, -0.15) is 0 Å². The molecule has 0 fully saturated rings. The van der Waals surface area contributed by atoms with Crippen LogP contribution >= 0.6 is 11.8 Å². The van der Waals surface area contributed by atoms with Crippen molar-refractivity contribution in [3.63, 3.8) is 0 Å². The molecule has 0 bridgehead atoms. The van der Waals surface area contributed by atoms with E-state index >= 15 is 0 Å². The average molecular weight is 284 g/mol. The molecule has 0 amide bonds. The number of pyridine rings is 1. The predicted octanol–water partition coefficient (Wildman–Crippen LogP) is 3.32. The van der Waals surface area contributed by atoms with E-state index in [-0.39, 0.29) is 0 Å². The van der Waals surface area contributed by atoms with Crippen molar-refractivity contribution in [2.75, 3.05) is 6.54 Å². The Hall–Kier alpha value is -1.32. The summed E-state index contributed by atoms with van der Waals surface area (Å²) in [6.45, 7) is 3.18. The second-order valence-electron chi connectivity index (χ2n) is 5.16. The molecular weight excluding hydrogens is 264 g/mol. The van der Waals surface area contributed by atoms with Crippen LogP contribution in [0.25, 0.3) is 0 Å². The average Bonchev–Trinajstić information content (AvgIpc) is 2.92. The van der Waals surface area contributed by atoms with Crippen molar-refractivity contribution in [1.29, 1.82) is 0 Å². The topological polar surface area (TPSA) is 24.9 Å². The van der Waals surface area contributed by atoms with E-state index in [0.717, 1.165) is 19.4 Å². The first-order chi connectivity index (χ1) is 9.86. The molecule has 0 spiro atoms. The van der Waals surface area contributed by atoms with Crippen molar-refractivity contribution in [2.45, 2.75) is 36.0 Å². The Morgan fingerprint density at radius 1 is 1.25 bits per heavy atom. The zero-order chi connectivity index (χ0) is 13.8. The Bertz CT molecular complexity index is 531. The summed E-state index contributed by atoms with van der Waals surface area (Å²) in [6.07, 6.45) is 4.04. The Balaban J connectivity index is 1.72. The molecule has 2 heterocycles. The molecule has 2 atom stereocenters. The largest absolute Gasteiger partial charge is 0.313 e. The summed E-state index contributed by atoms with van der Waals surface area (Å²) in [6, 6.07) is 15.4. The van der Waals surface area contributed by atoms with E-state index in [1.165, 1.54) is 16.2 Å². The van der Waals surface area contributed by atoms with Crippen molar-refractivity contribution in [3.05, 3.63) is 59.9 Å². The number of nitrogens with one attached hydrogen (secondary N) is 1. The van der Waals surface area contributed by atoms with Crippen LogP contribution in [0.15, 0.2) is 53.6 Å². The first-order valence-electron chi connectivity index (χ1n) is 7.24. The fraction of sp³-hybridized carbons (Fsp3) is 0.353. The molecule has 1 aliphatic heterocycles. The van der Waals surface area contributed by atoms with Gasteiger partial charge in [0, 0.05) is 34.5 Å². The number of hydrogen-bond donors (Lipinski definition) is 1. The van der Waals surface area contributed by atoms with Gasteiger partial charge in [-0.05, 0) is 36.7 Å². The fourth-order valence-electron chi connectivity index (χ4n) is 2.77. The first kappa shape index (κ1) is 13.7. The van der Waals surface area contributed by atoms with Crippen molar-refractivity contribution < 1.29 is 0 Å². The molecule has 0 radical (unpaired) electrons. The maximum atomic E-state index is 4.47. The number of hydrogen-bond acceptors (Lipinski definition) is 3. The minimum absolute atomic E-state index is 0.479. The smallest absolute Gasteiger partial charge is 0.0419 e. The summed E-state index contributed by atoms with van der Waals surface area (Å²) in [5, 5.41) is 4.25. The van der Waals surface area contributed by atoms with E-state index in [0.29, 0.717) is 11.3 Å². The van der Waals surface area contributed by atoms with Gasteiger partial charge < -0.3 is 5.32 Å². The van der Waals surface area contributed by atoms with Gasteiger partial charge in [-0.1, -0.05) is 31.2 Å². The molecule has 0 saturated carbocycles. The van der Waals surface area contributed by atoms with E-state index in [4.69, 9.17) is 0 Å². The number of fused-ring (bicyclic) bond motifs is 1. The maximum absolute atomic E-state index is 4.47. The Labute approximate surface area is 125 Å². The van der Waals surface area contributed by atoms with E-state index < -0.39 is 0 Å². The molecule has 20 heavy (non-hydrogen) atoms. The summed E-state index contributed by atoms with van der Waals surface area (Å²) in [5.74, 6) is 0. The molecule has 1 aromatic heterocycles. The van der Waals surface area contributed by atoms with Crippen molar-refractivity contribution >= 4 is 11.8 Å². The zero-order valence-electron chi connectivity index (χ0n) is 11.8. The highest BCUT2D eigenvalue weighted by atomic mass is 32.2. The van der Waals surface area contributed by atoms with Gasteiger partial charge in [-0.15, -0.1) is 11.8 Å². The Kier molecular flexibility index (Phi) is 4.38. The normalized spacial score (nSPS) is 18.8. The molecular formula is C17H20N2S. The van der Waals surface area contributed by atoms with Crippen molar-refractivity contribution in [3.8, 4) is 0 Å². The molecule has 3 rings (SSSR count). The molecule has 2 aromatic rings. The fourth-order valence-corrected chi connectivity index (χ4v) is 4.18. The van der Waals surface area contributed by atoms with Crippen molar-refractivity contribution in [1.82, 2.24) is 10.3 Å². The highest BCUT2D eigenvalue weighted by Gasteiger charge is 2.29. The highest BCUT2D eigenvalue weighted by molar-refractivity contribution is 8.00. The van der Waals surface area contributed by atoms with E-state index in [1.807, 2.05) is 24.0 Å². The third-order valence-corrected chi connectivity index (χ3v) is 5.19. The summed E-state index contributed by atoms with van der Waals surface area (Å²) >= 11 is 2.01. The van der Waals surface area contributed by atoms with Gasteiger partial charge in [0.25, 0.3) is 0 Å². The molecule has 2 nitrogen and oxygen atoms in total. The number of rotatable bonds is 5. The third kappa shape index (κ3) is 3.05. The zero-order valence-corrected chi connectivity index (χ0v) is 12.6. The second-order valence-corrected chi connectivity index (χ2v) is 6.44. The second kappa shape index (κ2) is 6.42. The third-order valence-electron chi connectivity index (χ3n) is 3.74. The van der Waals surface area contributed by atoms with Gasteiger partial charge in [0.05, 0.1) is 0 Å². The summed E-state index contributed by atoms with van der Waals surface area (Å²) < 4.78 is 0. The lowest BCUT2D eigenvalue weighted by Gasteiger charge is -2.23. The first-order valence-corrected chi connectivity index (χ1v) is 8.12. The van der Waals surface area contributed by atoms with Gasteiger partial charge in [0.2, 0.25) is 0 Å². The summed E-state index contributed by atoms with van der Waals surface area (Å²) in [4.78, 5) is 5.92. The van der Waals surface area contributed by atoms with Crippen LogP contribution in [-0.4, -0.2) is 22.8 Å². The Morgan fingerprint density at radius 2 is 2.10 bits per heavy atom. The maximum Gasteiger partial charge on any atom is 0.0419 e. The van der Waals surface area contributed by atoms with E-state index in [9.17, 15) is 0 Å². The number of nitrogens with zero attached hydrogens (tertiary/aromatic N) is 1. The quantitative estimate of drug-likeness (QED) is 0.911. The van der Waals surface area contributed by atoms with Crippen LogP contribution in [0.4, 0.5) is 0 Å². The van der Waals surface area contributed by atoms with Gasteiger partial charge in [0.1, 0.15) is 0 Å². The number of thioether (sulfide) groups is 1. The van der Waals surface area contributed by atoms with E-state index in [2.05, 4.69) is 53.6 Å². The minimum atomic E-state index is 0.479. The molecule has 1 aliphatic rings. The lowest BCUT2D eigenvalue weighted by Crippen LogP contribution is -2.40. The number of likely N-dealkylation sites (N-methyl/N-ethyl adjacent to an activating group) is 1. The Morgan fingerprint density at radius 3 is 2.85 bits per heavy atom. The number of benzene rings is 1. The molecule has 1 aromatic carbocycles. The molecule has 0 aliphatic carbocycles. The summed E-state index contributed by atoms with van der Waals surface area (Å²) in [5.41, 5.74) is 2.67. The van der Waals surface area contributed by atoms with Crippen LogP contribution in [0.1, 0.15) is 18.2 Å². The van der Waals surface area contributed by atoms with Gasteiger partial charge in [0.15, 0.2) is 0 Å². The van der Waals surface area contributed by atoms with Crippen LogP contribution in [0.5, 0.6) is 0 Å². The van der Waals surface area contributed by atoms with E-state index in [1.54, 1.807) is 0 Å². The number of aromatic nitrogens is 1. The minimum Gasteiger partial charge on any atom is -0.313 e. The van der Waals surface area contributed by atoms with Crippen LogP contribution in [-0.2, 0) is 12.8 Å². The van der Waals surface area contributed by atoms with Crippen molar-refractivity contribution in [2.24, 2.45) is 0 Å². The monoisotopic (exact) mass is 284 g/mol. The molecule has 1 N–H and O–H groups in total. The summed E-state index contributed by atoms with van der Waals surface area (Å²) in [7, 11) is 0. The lowest BCUT2D eigenvalue weighted by molar-refractivity contribution is 0.501. The highest BCUT2D eigenvalue weighted by Crippen LogP contribution is 2.38.